The maximum Gasteiger partial charge on any atom is 0.416 e. The molecule has 0 fully saturated rings. The number of fused-ring (bicyclic) bond motifs is 1. The number of nitrogens with zero attached hydrogens (tertiary/aromatic N) is 3. The first kappa shape index (κ1) is 18.4. The zero-order chi connectivity index (χ0) is 19.9. The Balaban J connectivity index is 2.02. The molecule has 0 bridgehead atoms. The quantitative estimate of drug-likeness (QED) is 0.395. The number of hydrogen-bond donors (Lipinski definition) is 0. The summed E-state index contributed by atoms with van der Waals surface area (Å²) in [5, 5.41) is 0.554. The maximum absolute atomic E-state index is 13.1. The second-order valence-electron chi connectivity index (χ2n) is 6.32. The van der Waals surface area contributed by atoms with Gasteiger partial charge in [-0.15, -0.1) is 0 Å². The normalized spacial score (nSPS) is 11.8. The van der Waals surface area contributed by atoms with Crippen molar-refractivity contribution in [3.8, 4) is 22.5 Å². The van der Waals surface area contributed by atoms with Crippen LogP contribution >= 0.6 is 11.6 Å². The lowest BCUT2D eigenvalue weighted by atomic mass is 10.0. The minimum Gasteiger partial charge on any atom is -0.264 e. The van der Waals surface area contributed by atoms with Crippen LogP contribution in [0, 0.1) is 6.92 Å². The Bertz CT molecular complexity index is 1170. The van der Waals surface area contributed by atoms with Crippen LogP contribution in [-0.2, 0) is 6.18 Å². The van der Waals surface area contributed by atoms with E-state index in [4.69, 9.17) is 11.6 Å². The maximum atomic E-state index is 13.1. The van der Waals surface area contributed by atoms with Crippen LogP contribution in [0.3, 0.4) is 0 Å². The number of aryl methyl sites for hydroxylation is 1. The van der Waals surface area contributed by atoms with Gasteiger partial charge in [0.15, 0.2) is 0 Å². The minimum absolute atomic E-state index is 0.176. The van der Waals surface area contributed by atoms with Gasteiger partial charge in [0.05, 0.1) is 28.0 Å². The van der Waals surface area contributed by atoms with Crippen LogP contribution in [0.4, 0.5) is 13.2 Å². The zero-order valence-electron chi connectivity index (χ0n) is 14.6. The number of alkyl halides is 3. The van der Waals surface area contributed by atoms with E-state index in [0.717, 1.165) is 23.3 Å². The number of aromatic nitrogens is 3. The summed E-state index contributed by atoms with van der Waals surface area (Å²) >= 11 is 5.98. The van der Waals surface area contributed by atoms with Gasteiger partial charge < -0.3 is 0 Å². The summed E-state index contributed by atoms with van der Waals surface area (Å²) in [6.45, 7) is 1.90. The highest BCUT2D eigenvalue weighted by Crippen LogP contribution is 2.35. The molecule has 0 atom stereocenters. The first-order chi connectivity index (χ1) is 13.3. The lowest BCUT2D eigenvalue weighted by Crippen LogP contribution is -2.05. The van der Waals surface area contributed by atoms with Crippen molar-refractivity contribution in [3.05, 3.63) is 77.1 Å². The van der Waals surface area contributed by atoms with Crippen molar-refractivity contribution in [1.82, 2.24) is 15.0 Å². The Labute approximate surface area is 163 Å². The highest BCUT2D eigenvalue weighted by Gasteiger charge is 2.31. The van der Waals surface area contributed by atoms with Gasteiger partial charge in [0.25, 0.3) is 0 Å². The van der Waals surface area contributed by atoms with Gasteiger partial charge in [0, 0.05) is 28.5 Å². The third-order valence-corrected chi connectivity index (χ3v) is 4.64. The molecule has 4 aromatic rings. The molecule has 7 heteroatoms. The number of pyridine rings is 1. The molecule has 0 radical (unpaired) electrons. The summed E-state index contributed by atoms with van der Waals surface area (Å²) in [6.07, 6.45) is -1.09. The summed E-state index contributed by atoms with van der Waals surface area (Å²) in [5.74, 6) is 0. The standard InChI is InChI=1S/C21H13ClF3N3/c1-12-11-26-9-8-16(12)20-19(13-2-5-15(22)6-3-13)28-18-10-14(21(23,24)25)4-7-17(18)27-20/h2-11H,1H3. The predicted molar refractivity (Wildman–Crippen MR) is 103 cm³/mol. The Morgan fingerprint density at radius 3 is 2.25 bits per heavy atom. The van der Waals surface area contributed by atoms with E-state index < -0.39 is 11.7 Å². The fourth-order valence-corrected chi connectivity index (χ4v) is 3.09. The molecule has 3 nitrogen and oxygen atoms in total. The summed E-state index contributed by atoms with van der Waals surface area (Å²) in [7, 11) is 0. The van der Waals surface area contributed by atoms with Crippen molar-refractivity contribution >= 4 is 22.6 Å². The van der Waals surface area contributed by atoms with Crippen molar-refractivity contribution in [3.63, 3.8) is 0 Å². The molecule has 2 aromatic carbocycles. The van der Waals surface area contributed by atoms with Crippen molar-refractivity contribution in [2.75, 3.05) is 0 Å². The largest absolute Gasteiger partial charge is 0.416 e. The first-order valence-electron chi connectivity index (χ1n) is 8.39. The molecule has 2 heterocycles. The van der Waals surface area contributed by atoms with Gasteiger partial charge in [0.2, 0.25) is 0 Å². The van der Waals surface area contributed by atoms with Crippen molar-refractivity contribution in [2.24, 2.45) is 0 Å². The van der Waals surface area contributed by atoms with Gasteiger partial charge in [-0.2, -0.15) is 13.2 Å². The molecule has 0 unspecified atom stereocenters. The monoisotopic (exact) mass is 399 g/mol. The zero-order valence-corrected chi connectivity index (χ0v) is 15.4. The number of hydrogen-bond acceptors (Lipinski definition) is 3. The fourth-order valence-electron chi connectivity index (χ4n) is 2.97. The van der Waals surface area contributed by atoms with Crippen molar-refractivity contribution in [2.45, 2.75) is 13.1 Å². The van der Waals surface area contributed by atoms with E-state index in [1.54, 1.807) is 36.7 Å². The Morgan fingerprint density at radius 1 is 0.857 bits per heavy atom. The van der Waals surface area contributed by atoms with Crippen molar-refractivity contribution < 1.29 is 13.2 Å². The third-order valence-electron chi connectivity index (χ3n) is 4.38. The van der Waals surface area contributed by atoms with Gasteiger partial charge in [0.1, 0.15) is 0 Å². The molecular weight excluding hydrogens is 387 g/mol. The van der Waals surface area contributed by atoms with Crippen molar-refractivity contribution in [1.29, 1.82) is 0 Å². The predicted octanol–water partition coefficient (Wildman–Crippen LogP) is 6.34. The van der Waals surface area contributed by atoms with E-state index in [2.05, 4.69) is 15.0 Å². The number of halogens is 4. The van der Waals surface area contributed by atoms with Gasteiger partial charge >= 0.3 is 6.18 Å². The molecule has 2 aromatic heterocycles. The van der Waals surface area contributed by atoms with E-state index >= 15 is 0 Å². The van der Waals surface area contributed by atoms with Gasteiger partial charge in [-0.25, -0.2) is 9.97 Å². The Morgan fingerprint density at radius 2 is 1.57 bits per heavy atom. The van der Waals surface area contributed by atoms with E-state index in [-0.39, 0.29) is 5.52 Å². The van der Waals surface area contributed by atoms with E-state index in [1.165, 1.54) is 6.07 Å². The SMILES string of the molecule is Cc1cnccc1-c1nc2ccc(C(F)(F)F)cc2nc1-c1ccc(Cl)cc1. The molecule has 0 aliphatic heterocycles. The molecular formula is C21H13ClF3N3. The van der Waals surface area contributed by atoms with Gasteiger partial charge in [-0.3, -0.25) is 4.98 Å². The highest BCUT2D eigenvalue weighted by atomic mass is 35.5. The van der Waals surface area contributed by atoms with Crippen LogP contribution in [0.15, 0.2) is 60.9 Å². The molecule has 0 spiro atoms. The minimum atomic E-state index is -4.45. The number of rotatable bonds is 2. The van der Waals surface area contributed by atoms with E-state index in [9.17, 15) is 13.2 Å². The fraction of sp³-hybridized carbons (Fsp3) is 0.0952. The molecule has 4 rings (SSSR count). The molecule has 0 N–H and O–H groups in total. The Kier molecular flexibility index (Phi) is 4.51. The molecule has 140 valence electrons. The molecule has 0 aliphatic carbocycles. The molecule has 0 aliphatic rings. The average Bonchev–Trinajstić information content (AvgIpc) is 2.67. The van der Waals surface area contributed by atoms with Gasteiger partial charge in [-0.1, -0.05) is 23.7 Å². The molecule has 0 saturated carbocycles. The van der Waals surface area contributed by atoms with Crippen LogP contribution in [0.25, 0.3) is 33.5 Å². The average molecular weight is 400 g/mol. The summed E-state index contributed by atoms with van der Waals surface area (Å²) < 4.78 is 39.3. The lowest BCUT2D eigenvalue weighted by molar-refractivity contribution is -0.137. The lowest BCUT2D eigenvalue weighted by Gasteiger charge is -2.13. The second-order valence-corrected chi connectivity index (χ2v) is 6.76. The van der Waals surface area contributed by atoms with Crippen LogP contribution in [0.1, 0.15) is 11.1 Å². The second kappa shape index (κ2) is 6.87. The summed E-state index contributed by atoms with van der Waals surface area (Å²) in [4.78, 5) is 13.3. The van der Waals surface area contributed by atoms with Gasteiger partial charge in [-0.05, 0) is 48.9 Å². The highest BCUT2D eigenvalue weighted by molar-refractivity contribution is 6.30. The third kappa shape index (κ3) is 3.43. The van der Waals surface area contributed by atoms with E-state index in [1.807, 2.05) is 13.0 Å². The van der Waals surface area contributed by atoms with Crippen LogP contribution in [-0.4, -0.2) is 15.0 Å². The van der Waals surface area contributed by atoms with Crippen LogP contribution in [0.5, 0.6) is 0 Å². The van der Waals surface area contributed by atoms with Crippen LogP contribution in [0.2, 0.25) is 5.02 Å². The Hall–Kier alpha value is -2.99. The smallest absolute Gasteiger partial charge is 0.264 e. The summed E-state index contributed by atoms with van der Waals surface area (Å²) in [6, 6.07) is 12.1. The van der Waals surface area contributed by atoms with E-state index in [0.29, 0.717) is 27.5 Å². The molecule has 28 heavy (non-hydrogen) atoms. The topological polar surface area (TPSA) is 38.7 Å². The van der Waals surface area contributed by atoms with Crippen LogP contribution < -0.4 is 0 Å². The molecule has 0 amide bonds. The molecule has 0 saturated heterocycles. The number of benzene rings is 2. The summed E-state index contributed by atoms with van der Waals surface area (Å²) in [5.41, 5.74) is 3.28. The first-order valence-corrected chi connectivity index (χ1v) is 8.76.